The average molecular weight is 249 g/mol. The van der Waals surface area contributed by atoms with Gasteiger partial charge in [-0.2, -0.15) is 0 Å². The highest BCUT2D eigenvalue weighted by molar-refractivity contribution is 6.30. The first-order valence-corrected chi connectivity index (χ1v) is 5.64. The molecule has 0 aliphatic rings. The SMILES string of the molecule is COc1ncccc1NCc1cccc(Cl)c1. The van der Waals surface area contributed by atoms with Gasteiger partial charge < -0.3 is 10.1 Å². The number of aromatic nitrogens is 1. The molecule has 0 atom stereocenters. The summed E-state index contributed by atoms with van der Waals surface area (Å²) < 4.78 is 5.16. The van der Waals surface area contributed by atoms with Crippen LogP contribution in [0.15, 0.2) is 42.6 Å². The van der Waals surface area contributed by atoms with E-state index in [1.807, 2.05) is 36.4 Å². The zero-order valence-corrected chi connectivity index (χ0v) is 10.2. The van der Waals surface area contributed by atoms with E-state index in [1.54, 1.807) is 13.3 Å². The van der Waals surface area contributed by atoms with E-state index < -0.39 is 0 Å². The van der Waals surface area contributed by atoms with Crippen LogP contribution in [0.1, 0.15) is 5.56 Å². The van der Waals surface area contributed by atoms with E-state index in [1.165, 1.54) is 0 Å². The lowest BCUT2D eigenvalue weighted by atomic mass is 10.2. The molecule has 4 heteroatoms. The molecule has 0 aliphatic heterocycles. The molecular formula is C13H13ClN2O. The second-order valence-corrected chi connectivity index (χ2v) is 3.98. The van der Waals surface area contributed by atoms with Gasteiger partial charge in [0.05, 0.1) is 12.8 Å². The summed E-state index contributed by atoms with van der Waals surface area (Å²) in [5, 5.41) is 4.00. The first kappa shape index (κ1) is 11.7. The fourth-order valence-electron chi connectivity index (χ4n) is 1.53. The Kier molecular flexibility index (Phi) is 3.83. The zero-order chi connectivity index (χ0) is 12.1. The Balaban J connectivity index is 2.07. The van der Waals surface area contributed by atoms with Crippen LogP contribution in [0.25, 0.3) is 0 Å². The Morgan fingerprint density at radius 1 is 1.29 bits per heavy atom. The van der Waals surface area contributed by atoms with Gasteiger partial charge in [0, 0.05) is 17.8 Å². The first-order chi connectivity index (χ1) is 8.29. The number of halogens is 1. The Morgan fingerprint density at radius 3 is 2.94 bits per heavy atom. The van der Waals surface area contributed by atoms with Crippen molar-refractivity contribution in [2.24, 2.45) is 0 Å². The fraction of sp³-hybridized carbons (Fsp3) is 0.154. The number of hydrogen-bond acceptors (Lipinski definition) is 3. The first-order valence-electron chi connectivity index (χ1n) is 5.27. The molecule has 88 valence electrons. The van der Waals surface area contributed by atoms with Crippen LogP contribution in [0.5, 0.6) is 5.88 Å². The summed E-state index contributed by atoms with van der Waals surface area (Å²) in [5.41, 5.74) is 1.98. The highest BCUT2D eigenvalue weighted by atomic mass is 35.5. The number of rotatable bonds is 4. The Hall–Kier alpha value is -1.74. The third kappa shape index (κ3) is 3.11. The van der Waals surface area contributed by atoms with Crippen LogP contribution >= 0.6 is 11.6 Å². The normalized spacial score (nSPS) is 10.0. The van der Waals surface area contributed by atoms with Crippen molar-refractivity contribution in [2.45, 2.75) is 6.54 Å². The second-order valence-electron chi connectivity index (χ2n) is 3.54. The van der Waals surface area contributed by atoms with E-state index in [0.717, 1.165) is 16.3 Å². The highest BCUT2D eigenvalue weighted by Crippen LogP contribution is 2.21. The number of pyridine rings is 1. The smallest absolute Gasteiger partial charge is 0.237 e. The molecule has 2 aromatic rings. The molecule has 1 aromatic heterocycles. The molecule has 0 aliphatic carbocycles. The number of anilines is 1. The van der Waals surface area contributed by atoms with Crippen molar-refractivity contribution in [1.82, 2.24) is 4.98 Å². The molecule has 0 saturated carbocycles. The second kappa shape index (κ2) is 5.55. The number of ether oxygens (including phenoxy) is 1. The highest BCUT2D eigenvalue weighted by Gasteiger charge is 2.02. The minimum Gasteiger partial charge on any atom is -0.480 e. The molecule has 0 unspecified atom stereocenters. The van der Waals surface area contributed by atoms with Crippen molar-refractivity contribution in [3.05, 3.63) is 53.2 Å². The third-order valence-corrected chi connectivity index (χ3v) is 2.57. The molecule has 1 heterocycles. The van der Waals surface area contributed by atoms with E-state index in [9.17, 15) is 0 Å². The van der Waals surface area contributed by atoms with E-state index in [-0.39, 0.29) is 0 Å². The fourth-order valence-corrected chi connectivity index (χ4v) is 1.75. The van der Waals surface area contributed by atoms with Crippen molar-refractivity contribution in [3.63, 3.8) is 0 Å². The lowest BCUT2D eigenvalue weighted by molar-refractivity contribution is 0.399. The number of nitrogens with zero attached hydrogens (tertiary/aromatic N) is 1. The summed E-state index contributed by atoms with van der Waals surface area (Å²) in [6.45, 7) is 0.683. The molecular weight excluding hydrogens is 236 g/mol. The standard InChI is InChI=1S/C13H13ClN2O/c1-17-13-12(6-3-7-15-13)16-9-10-4-2-5-11(14)8-10/h2-8,16H,9H2,1H3. The molecule has 0 spiro atoms. The molecule has 2 rings (SSSR count). The van der Waals surface area contributed by atoms with Gasteiger partial charge in [-0.1, -0.05) is 23.7 Å². The summed E-state index contributed by atoms with van der Waals surface area (Å²) in [6, 6.07) is 11.5. The predicted molar refractivity (Wildman–Crippen MR) is 69.6 cm³/mol. The van der Waals surface area contributed by atoms with Gasteiger partial charge in [-0.15, -0.1) is 0 Å². The number of nitrogens with one attached hydrogen (secondary N) is 1. The monoisotopic (exact) mass is 248 g/mol. The molecule has 3 nitrogen and oxygen atoms in total. The molecule has 1 aromatic carbocycles. The van der Waals surface area contributed by atoms with Gasteiger partial charge in [-0.25, -0.2) is 4.98 Å². The number of hydrogen-bond donors (Lipinski definition) is 1. The van der Waals surface area contributed by atoms with Crippen LogP contribution in [-0.4, -0.2) is 12.1 Å². The maximum atomic E-state index is 5.92. The van der Waals surface area contributed by atoms with Gasteiger partial charge >= 0.3 is 0 Å². The largest absolute Gasteiger partial charge is 0.480 e. The van der Waals surface area contributed by atoms with Crippen molar-refractivity contribution < 1.29 is 4.74 Å². The molecule has 0 radical (unpaired) electrons. The average Bonchev–Trinajstić information content (AvgIpc) is 2.37. The van der Waals surface area contributed by atoms with Crippen LogP contribution in [0.3, 0.4) is 0 Å². The Bertz CT molecular complexity index is 502. The van der Waals surface area contributed by atoms with Crippen LogP contribution < -0.4 is 10.1 Å². The van der Waals surface area contributed by atoms with E-state index >= 15 is 0 Å². The molecule has 0 saturated heterocycles. The van der Waals surface area contributed by atoms with Gasteiger partial charge in [-0.05, 0) is 29.8 Å². The van der Waals surface area contributed by atoms with Gasteiger partial charge in [-0.3, -0.25) is 0 Å². The van der Waals surface area contributed by atoms with E-state index in [0.29, 0.717) is 12.4 Å². The van der Waals surface area contributed by atoms with Crippen LogP contribution in [0.2, 0.25) is 5.02 Å². The van der Waals surface area contributed by atoms with Gasteiger partial charge in [0.15, 0.2) is 0 Å². The number of methoxy groups -OCH3 is 1. The van der Waals surface area contributed by atoms with Gasteiger partial charge in [0.1, 0.15) is 0 Å². The third-order valence-electron chi connectivity index (χ3n) is 2.34. The van der Waals surface area contributed by atoms with Gasteiger partial charge in [0.2, 0.25) is 5.88 Å². The molecule has 0 amide bonds. The van der Waals surface area contributed by atoms with Crippen LogP contribution in [0, 0.1) is 0 Å². The van der Waals surface area contributed by atoms with Crippen LogP contribution in [-0.2, 0) is 6.54 Å². The summed E-state index contributed by atoms with van der Waals surface area (Å²) in [6.07, 6.45) is 1.70. The van der Waals surface area contributed by atoms with Gasteiger partial charge in [0.25, 0.3) is 0 Å². The minimum absolute atomic E-state index is 0.592. The van der Waals surface area contributed by atoms with E-state index in [4.69, 9.17) is 16.3 Å². The lowest BCUT2D eigenvalue weighted by Crippen LogP contribution is -2.02. The lowest BCUT2D eigenvalue weighted by Gasteiger charge is -2.09. The predicted octanol–water partition coefficient (Wildman–Crippen LogP) is 3.36. The minimum atomic E-state index is 0.592. The molecule has 17 heavy (non-hydrogen) atoms. The maximum Gasteiger partial charge on any atom is 0.237 e. The van der Waals surface area contributed by atoms with Crippen molar-refractivity contribution >= 4 is 17.3 Å². The van der Waals surface area contributed by atoms with Crippen molar-refractivity contribution in [2.75, 3.05) is 12.4 Å². The maximum absolute atomic E-state index is 5.92. The summed E-state index contributed by atoms with van der Waals surface area (Å²) in [7, 11) is 1.60. The molecule has 1 N–H and O–H groups in total. The van der Waals surface area contributed by atoms with Crippen molar-refractivity contribution in [3.8, 4) is 5.88 Å². The Morgan fingerprint density at radius 2 is 2.18 bits per heavy atom. The molecule has 0 fully saturated rings. The topological polar surface area (TPSA) is 34.1 Å². The summed E-state index contributed by atoms with van der Waals surface area (Å²) >= 11 is 5.92. The number of benzene rings is 1. The van der Waals surface area contributed by atoms with Crippen molar-refractivity contribution in [1.29, 1.82) is 0 Å². The van der Waals surface area contributed by atoms with Crippen LogP contribution in [0.4, 0.5) is 5.69 Å². The van der Waals surface area contributed by atoms with E-state index in [2.05, 4.69) is 10.3 Å². The summed E-state index contributed by atoms with van der Waals surface area (Å²) in [5.74, 6) is 0.592. The Labute approximate surface area is 105 Å². The quantitative estimate of drug-likeness (QED) is 0.901. The summed E-state index contributed by atoms with van der Waals surface area (Å²) in [4.78, 5) is 4.12. The zero-order valence-electron chi connectivity index (χ0n) is 9.48. The molecule has 0 bridgehead atoms.